The standard InChI is InChI=1S/C13H27N3O/c1-9(2)15-13(17)11(4)16-6-5-10(3)7-12(16)8-14/h9-12H,5-8,14H2,1-4H3,(H,15,17). The van der Waals surface area contributed by atoms with E-state index in [-0.39, 0.29) is 18.0 Å². The molecule has 3 atom stereocenters. The third-order valence-electron chi connectivity index (χ3n) is 3.60. The highest BCUT2D eigenvalue weighted by atomic mass is 16.2. The lowest BCUT2D eigenvalue weighted by molar-refractivity contribution is -0.128. The van der Waals surface area contributed by atoms with Gasteiger partial charge in [-0.25, -0.2) is 0 Å². The first-order valence-corrected chi connectivity index (χ1v) is 6.71. The molecule has 0 aromatic carbocycles. The van der Waals surface area contributed by atoms with E-state index in [0.29, 0.717) is 12.6 Å². The smallest absolute Gasteiger partial charge is 0.237 e. The number of piperidine rings is 1. The van der Waals surface area contributed by atoms with E-state index in [1.807, 2.05) is 20.8 Å². The number of amides is 1. The van der Waals surface area contributed by atoms with Crippen LogP contribution in [-0.2, 0) is 4.79 Å². The summed E-state index contributed by atoms with van der Waals surface area (Å²) < 4.78 is 0. The van der Waals surface area contributed by atoms with Crippen LogP contribution in [0, 0.1) is 5.92 Å². The van der Waals surface area contributed by atoms with Gasteiger partial charge in [-0.2, -0.15) is 0 Å². The molecule has 1 rings (SSSR count). The number of nitrogens with zero attached hydrogens (tertiary/aromatic N) is 1. The Kier molecular flexibility index (Phi) is 5.40. The molecular formula is C13H27N3O. The topological polar surface area (TPSA) is 58.4 Å². The molecule has 0 spiro atoms. The van der Waals surface area contributed by atoms with Crippen LogP contribution in [0.25, 0.3) is 0 Å². The van der Waals surface area contributed by atoms with E-state index >= 15 is 0 Å². The first-order valence-electron chi connectivity index (χ1n) is 6.71. The molecule has 3 N–H and O–H groups in total. The lowest BCUT2D eigenvalue weighted by atomic mass is 9.91. The van der Waals surface area contributed by atoms with Crippen LogP contribution in [0.3, 0.4) is 0 Å². The summed E-state index contributed by atoms with van der Waals surface area (Å²) >= 11 is 0. The summed E-state index contributed by atoms with van der Waals surface area (Å²) in [5.74, 6) is 0.841. The zero-order chi connectivity index (χ0) is 13.0. The molecule has 1 heterocycles. The van der Waals surface area contributed by atoms with Crippen molar-refractivity contribution in [3.63, 3.8) is 0 Å². The van der Waals surface area contributed by atoms with Gasteiger partial charge in [-0.05, 0) is 46.1 Å². The number of hydrogen-bond acceptors (Lipinski definition) is 3. The van der Waals surface area contributed by atoms with Crippen molar-refractivity contribution in [3.8, 4) is 0 Å². The number of carbonyl (C=O) groups is 1. The zero-order valence-corrected chi connectivity index (χ0v) is 11.6. The van der Waals surface area contributed by atoms with Crippen molar-refractivity contribution >= 4 is 5.91 Å². The second-order valence-corrected chi connectivity index (χ2v) is 5.60. The molecule has 3 unspecified atom stereocenters. The van der Waals surface area contributed by atoms with Crippen LogP contribution in [-0.4, -0.2) is 42.0 Å². The summed E-state index contributed by atoms with van der Waals surface area (Å²) in [5.41, 5.74) is 5.82. The van der Waals surface area contributed by atoms with E-state index in [4.69, 9.17) is 5.73 Å². The lowest BCUT2D eigenvalue weighted by Crippen LogP contribution is -2.55. The maximum absolute atomic E-state index is 12.0. The molecule has 1 aliphatic heterocycles. The lowest BCUT2D eigenvalue weighted by Gasteiger charge is -2.41. The first kappa shape index (κ1) is 14.5. The Morgan fingerprint density at radius 2 is 2.12 bits per heavy atom. The Morgan fingerprint density at radius 3 is 2.65 bits per heavy atom. The number of nitrogens with one attached hydrogen (secondary N) is 1. The van der Waals surface area contributed by atoms with E-state index < -0.39 is 0 Å². The average molecular weight is 241 g/mol. The third kappa shape index (κ3) is 3.96. The number of carbonyl (C=O) groups excluding carboxylic acids is 1. The van der Waals surface area contributed by atoms with E-state index in [0.717, 1.165) is 25.3 Å². The van der Waals surface area contributed by atoms with Crippen LogP contribution < -0.4 is 11.1 Å². The van der Waals surface area contributed by atoms with Gasteiger partial charge in [0.05, 0.1) is 6.04 Å². The van der Waals surface area contributed by atoms with E-state index in [9.17, 15) is 4.79 Å². The Labute approximate surface area is 105 Å². The van der Waals surface area contributed by atoms with E-state index in [2.05, 4.69) is 17.1 Å². The summed E-state index contributed by atoms with van der Waals surface area (Å²) in [6, 6.07) is 0.482. The second kappa shape index (κ2) is 6.36. The van der Waals surface area contributed by atoms with Crippen LogP contribution in [0.4, 0.5) is 0 Å². The van der Waals surface area contributed by atoms with Gasteiger partial charge >= 0.3 is 0 Å². The number of hydrogen-bond donors (Lipinski definition) is 2. The molecular weight excluding hydrogens is 214 g/mol. The molecule has 17 heavy (non-hydrogen) atoms. The molecule has 4 nitrogen and oxygen atoms in total. The molecule has 100 valence electrons. The van der Waals surface area contributed by atoms with Crippen molar-refractivity contribution in [2.75, 3.05) is 13.1 Å². The fourth-order valence-electron chi connectivity index (χ4n) is 2.57. The van der Waals surface area contributed by atoms with Crippen LogP contribution in [0.5, 0.6) is 0 Å². The Morgan fingerprint density at radius 1 is 1.47 bits per heavy atom. The van der Waals surface area contributed by atoms with E-state index in [1.54, 1.807) is 0 Å². The quantitative estimate of drug-likeness (QED) is 0.771. The largest absolute Gasteiger partial charge is 0.353 e. The zero-order valence-electron chi connectivity index (χ0n) is 11.6. The third-order valence-corrected chi connectivity index (χ3v) is 3.60. The van der Waals surface area contributed by atoms with Crippen molar-refractivity contribution in [3.05, 3.63) is 0 Å². The molecule has 1 amide bonds. The van der Waals surface area contributed by atoms with Gasteiger partial charge in [0.2, 0.25) is 5.91 Å². The van der Waals surface area contributed by atoms with Crippen molar-refractivity contribution in [2.45, 2.75) is 58.7 Å². The molecule has 1 aliphatic rings. The molecule has 4 heteroatoms. The van der Waals surface area contributed by atoms with Gasteiger partial charge in [-0.15, -0.1) is 0 Å². The summed E-state index contributed by atoms with van der Waals surface area (Å²) in [6.07, 6.45) is 2.27. The van der Waals surface area contributed by atoms with Crippen LogP contribution in [0.1, 0.15) is 40.5 Å². The van der Waals surface area contributed by atoms with Gasteiger partial charge < -0.3 is 11.1 Å². The molecule has 0 radical (unpaired) electrons. The van der Waals surface area contributed by atoms with Crippen molar-refractivity contribution in [2.24, 2.45) is 11.7 Å². The van der Waals surface area contributed by atoms with Crippen LogP contribution >= 0.6 is 0 Å². The highest BCUT2D eigenvalue weighted by molar-refractivity contribution is 5.81. The maximum atomic E-state index is 12.0. The fourth-order valence-corrected chi connectivity index (χ4v) is 2.57. The molecule has 0 aromatic rings. The predicted molar refractivity (Wildman–Crippen MR) is 70.7 cm³/mol. The van der Waals surface area contributed by atoms with E-state index in [1.165, 1.54) is 0 Å². The average Bonchev–Trinajstić information content (AvgIpc) is 2.27. The van der Waals surface area contributed by atoms with Crippen molar-refractivity contribution in [1.82, 2.24) is 10.2 Å². The minimum atomic E-state index is -0.0709. The van der Waals surface area contributed by atoms with Crippen LogP contribution in [0.15, 0.2) is 0 Å². The Hall–Kier alpha value is -0.610. The van der Waals surface area contributed by atoms with Gasteiger partial charge in [0.15, 0.2) is 0 Å². The van der Waals surface area contributed by atoms with Gasteiger partial charge in [0, 0.05) is 18.6 Å². The molecule has 0 aliphatic carbocycles. The molecule has 1 saturated heterocycles. The SMILES string of the molecule is CC1CCN(C(C)C(=O)NC(C)C)C(CN)C1. The highest BCUT2D eigenvalue weighted by Gasteiger charge is 2.31. The minimum absolute atomic E-state index is 0.0709. The van der Waals surface area contributed by atoms with Crippen LogP contribution in [0.2, 0.25) is 0 Å². The Balaban J connectivity index is 2.60. The van der Waals surface area contributed by atoms with Crippen molar-refractivity contribution in [1.29, 1.82) is 0 Å². The summed E-state index contributed by atoms with van der Waals surface area (Å²) in [4.78, 5) is 14.3. The van der Waals surface area contributed by atoms with Gasteiger partial charge in [0.1, 0.15) is 0 Å². The second-order valence-electron chi connectivity index (χ2n) is 5.60. The number of likely N-dealkylation sites (tertiary alicyclic amines) is 1. The van der Waals surface area contributed by atoms with Gasteiger partial charge in [0.25, 0.3) is 0 Å². The molecule has 1 fully saturated rings. The molecule has 0 aromatic heterocycles. The molecule has 0 saturated carbocycles. The predicted octanol–water partition coefficient (Wildman–Crippen LogP) is 0.959. The first-order chi connectivity index (χ1) is 7.95. The summed E-state index contributed by atoms with van der Waals surface area (Å²) in [7, 11) is 0. The Bertz CT molecular complexity index is 255. The van der Waals surface area contributed by atoms with Crippen molar-refractivity contribution < 1.29 is 4.79 Å². The number of rotatable bonds is 4. The highest BCUT2D eigenvalue weighted by Crippen LogP contribution is 2.23. The minimum Gasteiger partial charge on any atom is -0.353 e. The number of nitrogens with two attached hydrogens (primary N) is 1. The summed E-state index contributed by atoms with van der Waals surface area (Å²) in [5, 5.41) is 2.97. The normalized spacial score (nSPS) is 28.1. The van der Waals surface area contributed by atoms with Gasteiger partial charge in [-0.1, -0.05) is 6.92 Å². The maximum Gasteiger partial charge on any atom is 0.237 e. The molecule has 0 bridgehead atoms. The summed E-state index contributed by atoms with van der Waals surface area (Å²) in [6.45, 7) is 9.85. The fraction of sp³-hybridized carbons (Fsp3) is 0.923. The van der Waals surface area contributed by atoms with Gasteiger partial charge in [-0.3, -0.25) is 9.69 Å². The monoisotopic (exact) mass is 241 g/mol.